The van der Waals surface area contributed by atoms with Gasteiger partial charge in [0.25, 0.3) is 0 Å². The van der Waals surface area contributed by atoms with Crippen molar-refractivity contribution in [3.05, 3.63) is 47.4 Å². The van der Waals surface area contributed by atoms with E-state index in [0.29, 0.717) is 5.92 Å². The Morgan fingerprint density at radius 2 is 2.09 bits per heavy atom. The first-order valence-electron chi connectivity index (χ1n) is 7.95. The van der Waals surface area contributed by atoms with Gasteiger partial charge in [0, 0.05) is 19.0 Å². The van der Waals surface area contributed by atoms with Crippen LogP contribution in [0.1, 0.15) is 29.6 Å². The van der Waals surface area contributed by atoms with Crippen LogP contribution in [0.4, 0.5) is 5.13 Å². The van der Waals surface area contributed by atoms with Crippen LogP contribution in [-0.4, -0.2) is 33.3 Å². The highest BCUT2D eigenvalue weighted by molar-refractivity contribution is 7.15. The molecule has 6 heteroatoms. The van der Waals surface area contributed by atoms with Crippen LogP contribution < -0.4 is 4.90 Å². The first-order valence-corrected chi connectivity index (χ1v) is 8.76. The molecule has 1 aromatic carbocycles. The zero-order valence-corrected chi connectivity index (χ0v) is 13.9. The number of nitrogens with zero attached hydrogens (tertiary/aromatic N) is 4. The largest absolute Gasteiger partial charge is 0.346 e. The van der Waals surface area contributed by atoms with Gasteiger partial charge in [-0.1, -0.05) is 41.7 Å². The van der Waals surface area contributed by atoms with Gasteiger partial charge in [-0.05, 0) is 25.3 Å². The van der Waals surface area contributed by atoms with Gasteiger partial charge in [0.1, 0.15) is 10.8 Å². The number of aryl methyl sites for hydroxylation is 1. The monoisotopic (exact) mass is 325 g/mol. The number of nitrogens with one attached hydrogen (secondary N) is 1. The van der Waals surface area contributed by atoms with E-state index in [9.17, 15) is 0 Å². The smallest absolute Gasteiger partial charge is 0.208 e. The summed E-state index contributed by atoms with van der Waals surface area (Å²) in [5, 5.41) is 10.5. The summed E-state index contributed by atoms with van der Waals surface area (Å²) in [6.45, 7) is 4.01. The fourth-order valence-corrected chi connectivity index (χ4v) is 3.82. The van der Waals surface area contributed by atoms with Gasteiger partial charge in [0.15, 0.2) is 0 Å². The van der Waals surface area contributed by atoms with Crippen molar-refractivity contribution in [1.29, 1.82) is 0 Å². The van der Waals surface area contributed by atoms with Crippen molar-refractivity contribution in [2.45, 2.75) is 25.7 Å². The van der Waals surface area contributed by atoms with Gasteiger partial charge in [-0.25, -0.2) is 4.98 Å². The molecule has 2 aromatic heterocycles. The Balaban J connectivity index is 1.53. The molecule has 23 heavy (non-hydrogen) atoms. The molecular weight excluding hydrogens is 306 g/mol. The zero-order chi connectivity index (χ0) is 15.6. The van der Waals surface area contributed by atoms with Crippen molar-refractivity contribution >= 4 is 16.5 Å². The van der Waals surface area contributed by atoms with Crippen LogP contribution in [0.3, 0.4) is 0 Å². The molecule has 1 fully saturated rings. The van der Waals surface area contributed by atoms with Crippen molar-refractivity contribution in [2.24, 2.45) is 0 Å². The minimum absolute atomic E-state index is 0.422. The summed E-state index contributed by atoms with van der Waals surface area (Å²) in [6, 6.07) is 10.3. The van der Waals surface area contributed by atoms with Crippen LogP contribution in [0.5, 0.6) is 0 Å². The minimum atomic E-state index is 0.422. The molecule has 0 amide bonds. The van der Waals surface area contributed by atoms with Crippen LogP contribution >= 0.6 is 11.3 Å². The number of rotatable bonds is 3. The second-order valence-corrected chi connectivity index (χ2v) is 7.10. The number of piperidine rings is 1. The lowest BCUT2D eigenvalue weighted by Gasteiger charge is -2.31. The van der Waals surface area contributed by atoms with E-state index in [1.165, 1.54) is 5.56 Å². The lowest BCUT2D eigenvalue weighted by molar-refractivity contribution is 0.493. The predicted molar refractivity (Wildman–Crippen MR) is 92.9 cm³/mol. The quantitative estimate of drug-likeness (QED) is 0.799. The van der Waals surface area contributed by atoms with E-state index in [0.717, 1.165) is 47.6 Å². The average molecular weight is 325 g/mol. The number of aromatic amines is 1. The Bertz CT molecular complexity index is 779. The topological polar surface area (TPSA) is 57.7 Å². The zero-order valence-electron chi connectivity index (χ0n) is 13.1. The number of aromatic nitrogens is 4. The summed E-state index contributed by atoms with van der Waals surface area (Å²) in [7, 11) is 0. The second-order valence-electron chi connectivity index (χ2n) is 5.94. The van der Waals surface area contributed by atoms with Gasteiger partial charge >= 0.3 is 0 Å². The molecule has 118 valence electrons. The van der Waals surface area contributed by atoms with E-state index in [-0.39, 0.29) is 0 Å². The lowest BCUT2D eigenvalue weighted by atomic mass is 9.98. The number of H-pyrrole nitrogens is 1. The average Bonchev–Trinajstić information content (AvgIpc) is 3.25. The van der Waals surface area contributed by atoms with E-state index in [2.05, 4.69) is 49.3 Å². The summed E-state index contributed by atoms with van der Waals surface area (Å²) < 4.78 is 0. The lowest BCUT2D eigenvalue weighted by Crippen LogP contribution is -2.34. The standard InChI is InChI=1S/C17H19N5S/c1-12-20-21-17(23-12)22-9-5-8-14(11-22)16-18-10-15(19-16)13-6-3-2-4-7-13/h2-4,6-7,10,14H,5,8-9,11H2,1H3,(H,18,19). The van der Waals surface area contributed by atoms with Crippen LogP contribution in [0.25, 0.3) is 11.3 Å². The molecule has 3 aromatic rings. The highest BCUT2D eigenvalue weighted by atomic mass is 32.1. The second kappa shape index (κ2) is 6.12. The minimum Gasteiger partial charge on any atom is -0.346 e. The maximum Gasteiger partial charge on any atom is 0.208 e. The van der Waals surface area contributed by atoms with Crippen LogP contribution in [0.2, 0.25) is 0 Å². The molecule has 4 rings (SSSR count). The van der Waals surface area contributed by atoms with E-state index in [4.69, 9.17) is 0 Å². The summed E-state index contributed by atoms with van der Waals surface area (Å²) in [6.07, 6.45) is 4.26. The Kier molecular flexibility index (Phi) is 3.83. The van der Waals surface area contributed by atoms with Crippen molar-refractivity contribution in [1.82, 2.24) is 20.2 Å². The maximum atomic E-state index is 4.63. The maximum absolute atomic E-state index is 4.63. The third-order valence-corrected chi connectivity index (χ3v) is 5.17. The van der Waals surface area contributed by atoms with Crippen molar-refractivity contribution in [3.8, 4) is 11.3 Å². The predicted octanol–water partition coefficient (Wildman–Crippen LogP) is 3.62. The summed E-state index contributed by atoms with van der Waals surface area (Å²) in [4.78, 5) is 10.5. The van der Waals surface area contributed by atoms with E-state index >= 15 is 0 Å². The number of anilines is 1. The third-order valence-electron chi connectivity index (χ3n) is 4.27. The molecule has 1 unspecified atom stereocenters. The van der Waals surface area contributed by atoms with Gasteiger partial charge in [-0.3, -0.25) is 0 Å². The first kappa shape index (κ1) is 14.4. The SMILES string of the molecule is Cc1nnc(N2CCCC(c3ncc(-c4ccccc4)[nH]3)C2)s1. The molecule has 1 N–H and O–H groups in total. The molecule has 1 aliphatic heterocycles. The molecule has 0 spiro atoms. The molecule has 1 atom stereocenters. The van der Waals surface area contributed by atoms with E-state index in [1.807, 2.05) is 19.2 Å². The van der Waals surface area contributed by atoms with Gasteiger partial charge in [-0.2, -0.15) is 0 Å². The van der Waals surface area contributed by atoms with Crippen molar-refractivity contribution in [3.63, 3.8) is 0 Å². The van der Waals surface area contributed by atoms with Crippen molar-refractivity contribution < 1.29 is 0 Å². The van der Waals surface area contributed by atoms with Gasteiger partial charge in [0.05, 0.1) is 11.9 Å². The molecule has 0 saturated carbocycles. The highest BCUT2D eigenvalue weighted by Crippen LogP contribution is 2.31. The summed E-state index contributed by atoms with van der Waals surface area (Å²) >= 11 is 1.67. The van der Waals surface area contributed by atoms with Gasteiger partial charge in [0.2, 0.25) is 5.13 Å². The third kappa shape index (κ3) is 2.99. The van der Waals surface area contributed by atoms with E-state index in [1.54, 1.807) is 11.3 Å². The fourth-order valence-electron chi connectivity index (χ4n) is 3.10. The Hall–Kier alpha value is -2.21. The number of hydrogen-bond acceptors (Lipinski definition) is 5. The fraction of sp³-hybridized carbons (Fsp3) is 0.353. The van der Waals surface area contributed by atoms with Crippen LogP contribution in [0.15, 0.2) is 36.5 Å². The molecule has 1 aliphatic rings. The highest BCUT2D eigenvalue weighted by Gasteiger charge is 2.25. The number of benzene rings is 1. The molecule has 0 aliphatic carbocycles. The van der Waals surface area contributed by atoms with E-state index < -0.39 is 0 Å². The Morgan fingerprint density at radius 1 is 1.22 bits per heavy atom. The molecular formula is C17H19N5S. The first-order chi connectivity index (χ1) is 11.3. The number of hydrogen-bond donors (Lipinski definition) is 1. The Labute approximate surface area is 139 Å². The molecule has 3 heterocycles. The molecule has 5 nitrogen and oxygen atoms in total. The van der Waals surface area contributed by atoms with Gasteiger partial charge < -0.3 is 9.88 Å². The van der Waals surface area contributed by atoms with Gasteiger partial charge in [-0.15, -0.1) is 10.2 Å². The summed E-state index contributed by atoms with van der Waals surface area (Å²) in [5.41, 5.74) is 2.27. The molecule has 0 bridgehead atoms. The Morgan fingerprint density at radius 3 is 2.87 bits per heavy atom. The number of imidazole rings is 1. The van der Waals surface area contributed by atoms with Crippen LogP contribution in [0, 0.1) is 6.92 Å². The molecule has 0 radical (unpaired) electrons. The molecule has 1 saturated heterocycles. The normalized spacial score (nSPS) is 18.3. The van der Waals surface area contributed by atoms with Crippen LogP contribution in [-0.2, 0) is 0 Å². The summed E-state index contributed by atoms with van der Waals surface area (Å²) in [5.74, 6) is 1.50. The van der Waals surface area contributed by atoms with Crippen molar-refractivity contribution in [2.75, 3.05) is 18.0 Å².